The number of nitrogens with two attached hydrogens (primary N) is 1. The van der Waals surface area contributed by atoms with E-state index in [1.165, 1.54) is 6.07 Å². The summed E-state index contributed by atoms with van der Waals surface area (Å²) < 4.78 is 33.1. The Balaban J connectivity index is 0.00000225. The van der Waals surface area contributed by atoms with E-state index < -0.39 is 10.1 Å². The van der Waals surface area contributed by atoms with E-state index in [4.69, 9.17) is 5.73 Å². The van der Waals surface area contributed by atoms with Gasteiger partial charge in [0.2, 0.25) is 0 Å². The van der Waals surface area contributed by atoms with Crippen molar-refractivity contribution in [1.29, 1.82) is 0 Å². The molecule has 0 aliphatic rings. The Labute approximate surface area is 183 Å². The summed E-state index contributed by atoms with van der Waals surface area (Å²) in [5, 5.41) is 9.91. The average molecular weight is 402 g/mol. The number of aromatic nitrogens is 1. The summed E-state index contributed by atoms with van der Waals surface area (Å²) in [6.45, 7) is 0. The SMILES string of the molecule is Nc1c(N=Nc2cnc3ccccc3c2)cc(S(=O)(=O)O)c2ccccc12.[NaH]. The molecule has 0 aliphatic heterocycles. The summed E-state index contributed by atoms with van der Waals surface area (Å²) in [4.78, 5) is 4.04. The molecule has 0 bridgehead atoms. The first kappa shape index (κ1) is 20.4. The number of azo groups is 1. The Hall–Kier alpha value is -2.36. The van der Waals surface area contributed by atoms with Gasteiger partial charge in [-0.05, 0) is 18.2 Å². The Bertz CT molecular complexity index is 1320. The van der Waals surface area contributed by atoms with E-state index in [2.05, 4.69) is 15.2 Å². The van der Waals surface area contributed by atoms with Gasteiger partial charge in [-0.25, -0.2) is 0 Å². The fraction of sp³-hybridized carbons (Fsp3) is 0. The number of hydrogen-bond donors (Lipinski definition) is 2. The van der Waals surface area contributed by atoms with Crippen LogP contribution in [0.5, 0.6) is 0 Å². The van der Waals surface area contributed by atoms with Crippen molar-refractivity contribution < 1.29 is 13.0 Å². The standard InChI is InChI=1S/C19H14N4O3S.Na.H/c20-19-15-7-3-2-6-14(15)18(27(24,25)26)10-17(19)23-22-13-9-12-5-1-4-8-16(12)21-11-13;;/h1-11H,20H2,(H,24,25,26);;. The number of anilines is 1. The molecule has 4 rings (SSSR count). The van der Waals surface area contributed by atoms with Gasteiger partial charge in [0.05, 0.1) is 17.4 Å². The van der Waals surface area contributed by atoms with Crippen molar-refractivity contribution in [2.45, 2.75) is 4.90 Å². The molecule has 1 aromatic heterocycles. The van der Waals surface area contributed by atoms with Gasteiger partial charge in [0.15, 0.2) is 0 Å². The van der Waals surface area contributed by atoms with Gasteiger partial charge >= 0.3 is 29.6 Å². The maximum absolute atomic E-state index is 11.8. The molecule has 0 saturated heterocycles. The number of para-hydroxylation sites is 1. The minimum atomic E-state index is -4.45. The van der Waals surface area contributed by atoms with Crippen LogP contribution in [0.2, 0.25) is 0 Å². The Morgan fingerprint density at radius 3 is 2.36 bits per heavy atom. The van der Waals surface area contributed by atoms with Gasteiger partial charge in [0.25, 0.3) is 10.1 Å². The first-order valence-corrected chi connectivity index (χ1v) is 9.43. The molecule has 1 heterocycles. The van der Waals surface area contributed by atoms with E-state index in [0.717, 1.165) is 10.9 Å². The molecule has 9 heteroatoms. The molecule has 7 nitrogen and oxygen atoms in total. The number of fused-ring (bicyclic) bond motifs is 2. The molecular weight excluding hydrogens is 387 g/mol. The molecule has 0 atom stereocenters. The zero-order chi connectivity index (χ0) is 19.0. The van der Waals surface area contributed by atoms with Gasteiger partial charge in [-0.3, -0.25) is 9.54 Å². The Kier molecular flexibility index (Phi) is 5.78. The summed E-state index contributed by atoms with van der Waals surface area (Å²) >= 11 is 0. The van der Waals surface area contributed by atoms with Gasteiger partial charge in [0, 0.05) is 16.2 Å². The normalized spacial score (nSPS) is 11.8. The molecule has 28 heavy (non-hydrogen) atoms. The van der Waals surface area contributed by atoms with Crippen molar-refractivity contribution in [3.8, 4) is 0 Å². The molecule has 136 valence electrons. The predicted octanol–water partition coefficient (Wildman–Crippen LogP) is 3.98. The van der Waals surface area contributed by atoms with Crippen molar-refractivity contribution >= 4 is 78.4 Å². The first-order chi connectivity index (χ1) is 12.9. The molecule has 0 amide bonds. The summed E-state index contributed by atoms with van der Waals surface area (Å²) in [6.07, 6.45) is 1.56. The number of nitrogen functional groups attached to an aromatic ring is 1. The second-order valence-corrected chi connectivity index (χ2v) is 7.30. The van der Waals surface area contributed by atoms with E-state index in [1.807, 2.05) is 30.3 Å². The monoisotopic (exact) mass is 402 g/mol. The molecule has 0 fully saturated rings. The molecule has 0 spiro atoms. The summed E-state index contributed by atoms with van der Waals surface area (Å²) in [7, 11) is -4.45. The molecular formula is C19H15N4NaO3S. The van der Waals surface area contributed by atoms with Crippen molar-refractivity contribution in [3.05, 3.63) is 66.9 Å². The topological polar surface area (TPSA) is 118 Å². The van der Waals surface area contributed by atoms with Crippen molar-refractivity contribution in [2.75, 3.05) is 5.73 Å². The molecule has 3 N–H and O–H groups in total. The second-order valence-electron chi connectivity index (χ2n) is 5.91. The number of rotatable bonds is 3. The zero-order valence-electron chi connectivity index (χ0n) is 13.9. The third-order valence-electron chi connectivity index (χ3n) is 4.15. The van der Waals surface area contributed by atoms with E-state index in [1.54, 1.807) is 30.5 Å². The van der Waals surface area contributed by atoms with Crippen LogP contribution in [-0.2, 0) is 10.1 Å². The quantitative estimate of drug-likeness (QED) is 0.233. The van der Waals surface area contributed by atoms with Crippen molar-refractivity contribution in [3.63, 3.8) is 0 Å². The average Bonchev–Trinajstić information content (AvgIpc) is 2.66. The molecule has 0 aliphatic carbocycles. The van der Waals surface area contributed by atoms with Crippen LogP contribution in [0.25, 0.3) is 21.7 Å². The van der Waals surface area contributed by atoms with E-state index in [-0.39, 0.29) is 45.8 Å². The molecule has 3 aromatic carbocycles. The zero-order valence-corrected chi connectivity index (χ0v) is 14.8. The van der Waals surface area contributed by atoms with E-state index in [0.29, 0.717) is 16.5 Å². The Morgan fingerprint density at radius 2 is 1.61 bits per heavy atom. The summed E-state index contributed by atoms with van der Waals surface area (Å²) in [5.74, 6) is 0. The molecule has 0 unspecified atom stereocenters. The third-order valence-corrected chi connectivity index (χ3v) is 5.05. The maximum atomic E-state index is 11.8. The van der Waals surface area contributed by atoms with E-state index >= 15 is 0 Å². The fourth-order valence-corrected chi connectivity index (χ4v) is 3.59. The van der Waals surface area contributed by atoms with E-state index in [9.17, 15) is 13.0 Å². The van der Waals surface area contributed by atoms with Crippen LogP contribution < -0.4 is 5.73 Å². The molecule has 0 saturated carbocycles. The van der Waals surface area contributed by atoms with Gasteiger partial charge in [-0.2, -0.15) is 8.42 Å². The van der Waals surface area contributed by atoms with Gasteiger partial charge in [-0.15, -0.1) is 10.2 Å². The van der Waals surface area contributed by atoms with Crippen LogP contribution in [-0.4, -0.2) is 47.5 Å². The van der Waals surface area contributed by atoms with Crippen LogP contribution in [0.3, 0.4) is 0 Å². The first-order valence-electron chi connectivity index (χ1n) is 7.99. The number of pyridine rings is 1. The van der Waals surface area contributed by atoms with Gasteiger partial charge < -0.3 is 5.73 Å². The van der Waals surface area contributed by atoms with Crippen LogP contribution in [0.1, 0.15) is 0 Å². The van der Waals surface area contributed by atoms with Crippen LogP contribution in [0.15, 0.2) is 82.0 Å². The molecule has 4 aromatic rings. The van der Waals surface area contributed by atoms with Gasteiger partial charge in [-0.1, -0.05) is 42.5 Å². The summed E-state index contributed by atoms with van der Waals surface area (Å²) in [6, 6.07) is 17.2. The van der Waals surface area contributed by atoms with Crippen LogP contribution in [0, 0.1) is 0 Å². The second kappa shape index (κ2) is 7.94. The molecule has 0 radical (unpaired) electrons. The number of benzene rings is 3. The predicted molar refractivity (Wildman–Crippen MR) is 111 cm³/mol. The van der Waals surface area contributed by atoms with Gasteiger partial charge in [0.1, 0.15) is 16.3 Å². The van der Waals surface area contributed by atoms with Crippen molar-refractivity contribution in [2.24, 2.45) is 10.2 Å². The number of nitrogens with zero attached hydrogens (tertiary/aromatic N) is 3. The van der Waals surface area contributed by atoms with Crippen molar-refractivity contribution in [1.82, 2.24) is 4.98 Å². The van der Waals surface area contributed by atoms with Crippen LogP contribution in [0.4, 0.5) is 17.1 Å². The minimum absolute atomic E-state index is 0. The summed E-state index contributed by atoms with van der Waals surface area (Å²) in [5.41, 5.74) is 7.89. The fourth-order valence-electron chi connectivity index (χ4n) is 2.87. The Morgan fingerprint density at radius 1 is 0.929 bits per heavy atom. The third kappa shape index (κ3) is 3.91. The number of hydrogen-bond acceptors (Lipinski definition) is 6. The van der Waals surface area contributed by atoms with Crippen LogP contribution >= 0.6 is 0 Å².